The van der Waals surface area contributed by atoms with Crippen molar-refractivity contribution in [2.75, 3.05) is 6.54 Å². The Balaban J connectivity index is 0.000000810. The van der Waals surface area contributed by atoms with Gasteiger partial charge in [-0.1, -0.05) is 6.42 Å². The maximum atomic E-state index is 10.5. The quantitative estimate of drug-likeness (QED) is 0.575. The first-order chi connectivity index (χ1) is 4.30. The van der Waals surface area contributed by atoms with Gasteiger partial charge >= 0.3 is 0 Å². The van der Waals surface area contributed by atoms with Crippen LogP contribution < -0.4 is 11.1 Å². The third kappa shape index (κ3) is 2.54. The van der Waals surface area contributed by atoms with E-state index in [1.54, 1.807) is 0 Å². The number of nitrogens with two attached hydrogens (primary N) is 1. The number of carbonyl (C=O) groups is 1. The van der Waals surface area contributed by atoms with Gasteiger partial charge in [-0.05, 0) is 19.4 Å². The van der Waals surface area contributed by atoms with Gasteiger partial charge in [0.15, 0.2) is 0 Å². The Morgan fingerprint density at radius 1 is 1.50 bits per heavy atom. The van der Waals surface area contributed by atoms with Gasteiger partial charge in [0.25, 0.3) is 0 Å². The largest absolute Gasteiger partial charge is 0.368 e. The zero-order valence-corrected chi connectivity index (χ0v) is 6.62. The molecule has 1 aliphatic heterocycles. The molecule has 0 aromatic rings. The van der Waals surface area contributed by atoms with E-state index in [1.165, 1.54) is 6.42 Å². The first-order valence-electron chi connectivity index (χ1n) is 3.33. The van der Waals surface area contributed by atoms with Crippen molar-refractivity contribution in [1.29, 1.82) is 0 Å². The van der Waals surface area contributed by atoms with Gasteiger partial charge in [0.1, 0.15) is 0 Å². The summed E-state index contributed by atoms with van der Waals surface area (Å²) in [6.07, 6.45) is 3.21. The van der Waals surface area contributed by atoms with Crippen LogP contribution in [0.25, 0.3) is 0 Å². The predicted octanol–water partition coefficient (Wildman–Crippen LogP) is 0.0356. The normalized spacial score (nSPS) is 25.0. The number of carbonyl (C=O) groups excluding carboxylic acids is 1. The minimum absolute atomic E-state index is 0. The Kier molecular flexibility index (Phi) is 4.40. The molecule has 1 fully saturated rings. The molecule has 0 radical (unpaired) electrons. The number of primary amides is 1. The third-order valence-corrected chi connectivity index (χ3v) is 1.65. The third-order valence-electron chi connectivity index (χ3n) is 1.65. The van der Waals surface area contributed by atoms with E-state index in [9.17, 15) is 4.79 Å². The highest BCUT2D eigenvalue weighted by molar-refractivity contribution is 5.85. The van der Waals surface area contributed by atoms with Gasteiger partial charge in [-0.15, -0.1) is 12.4 Å². The van der Waals surface area contributed by atoms with E-state index >= 15 is 0 Å². The molecule has 3 nitrogen and oxygen atoms in total. The van der Waals surface area contributed by atoms with Crippen LogP contribution in [0.4, 0.5) is 0 Å². The Morgan fingerprint density at radius 2 is 2.20 bits per heavy atom. The molecule has 10 heavy (non-hydrogen) atoms. The van der Waals surface area contributed by atoms with Gasteiger partial charge in [-0.2, -0.15) is 0 Å². The lowest BCUT2D eigenvalue weighted by Gasteiger charge is -2.19. The summed E-state index contributed by atoms with van der Waals surface area (Å²) in [5, 5.41) is 3.04. The summed E-state index contributed by atoms with van der Waals surface area (Å²) in [5.74, 6) is -0.213. The molecule has 1 aliphatic rings. The SMILES string of the molecule is Cl.NC(=O)[C@H]1CCCCN1. The predicted molar refractivity (Wildman–Crippen MR) is 42.1 cm³/mol. The number of halogens is 1. The van der Waals surface area contributed by atoms with E-state index in [2.05, 4.69) is 5.32 Å². The summed E-state index contributed by atoms with van der Waals surface area (Å²) in [6.45, 7) is 0.938. The number of amides is 1. The molecule has 0 unspecified atom stereocenters. The van der Waals surface area contributed by atoms with Crippen LogP contribution in [0.1, 0.15) is 19.3 Å². The Bertz CT molecular complexity index is 112. The second kappa shape index (κ2) is 4.52. The fraction of sp³-hybridized carbons (Fsp3) is 0.833. The van der Waals surface area contributed by atoms with Crippen molar-refractivity contribution < 1.29 is 4.79 Å². The van der Waals surface area contributed by atoms with Crippen molar-refractivity contribution in [3.8, 4) is 0 Å². The molecule has 1 saturated heterocycles. The average molecular weight is 165 g/mol. The molecule has 0 bridgehead atoms. The van der Waals surface area contributed by atoms with E-state index in [-0.39, 0.29) is 24.4 Å². The van der Waals surface area contributed by atoms with Crippen LogP contribution >= 0.6 is 12.4 Å². The van der Waals surface area contributed by atoms with Crippen LogP contribution in [0.5, 0.6) is 0 Å². The molecule has 0 aromatic carbocycles. The van der Waals surface area contributed by atoms with Crippen LogP contribution in [0.3, 0.4) is 0 Å². The summed E-state index contributed by atoms with van der Waals surface area (Å²) < 4.78 is 0. The van der Waals surface area contributed by atoms with Crippen LogP contribution in [0.2, 0.25) is 0 Å². The Labute approximate surface area is 66.8 Å². The average Bonchev–Trinajstić information content (AvgIpc) is 1.90. The summed E-state index contributed by atoms with van der Waals surface area (Å²) in [6, 6.07) is -0.0567. The maximum absolute atomic E-state index is 10.5. The standard InChI is InChI=1S/C6H12N2O.ClH/c7-6(9)5-3-1-2-4-8-5;/h5,8H,1-4H2,(H2,7,9);1H/t5-;/m1./s1. The zero-order chi connectivity index (χ0) is 6.69. The van der Waals surface area contributed by atoms with E-state index in [4.69, 9.17) is 5.73 Å². The Hall–Kier alpha value is -0.280. The minimum atomic E-state index is -0.213. The topological polar surface area (TPSA) is 55.1 Å². The van der Waals surface area contributed by atoms with Crippen LogP contribution in [-0.2, 0) is 4.79 Å². The molecular formula is C6H13ClN2O. The Morgan fingerprint density at radius 3 is 2.50 bits per heavy atom. The van der Waals surface area contributed by atoms with Gasteiger partial charge in [-0.3, -0.25) is 4.79 Å². The van der Waals surface area contributed by atoms with E-state index in [1.807, 2.05) is 0 Å². The molecule has 4 heteroatoms. The molecule has 60 valence electrons. The number of rotatable bonds is 1. The number of hydrogen-bond donors (Lipinski definition) is 2. The second-order valence-corrected chi connectivity index (χ2v) is 2.40. The summed E-state index contributed by atoms with van der Waals surface area (Å²) in [5.41, 5.74) is 5.07. The van der Waals surface area contributed by atoms with Gasteiger partial charge in [-0.25, -0.2) is 0 Å². The highest BCUT2D eigenvalue weighted by atomic mass is 35.5. The monoisotopic (exact) mass is 164 g/mol. The lowest BCUT2D eigenvalue weighted by atomic mass is 10.1. The second-order valence-electron chi connectivity index (χ2n) is 2.40. The zero-order valence-electron chi connectivity index (χ0n) is 5.80. The summed E-state index contributed by atoms with van der Waals surface area (Å²) in [4.78, 5) is 10.5. The molecular weight excluding hydrogens is 152 g/mol. The molecule has 1 heterocycles. The highest BCUT2D eigenvalue weighted by Crippen LogP contribution is 2.05. The van der Waals surface area contributed by atoms with E-state index in [0.717, 1.165) is 19.4 Å². The van der Waals surface area contributed by atoms with Crippen molar-refractivity contribution in [3.63, 3.8) is 0 Å². The summed E-state index contributed by atoms with van der Waals surface area (Å²) in [7, 11) is 0. The smallest absolute Gasteiger partial charge is 0.234 e. The number of hydrogen-bond acceptors (Lipinski definition) is 2. The van der Waals surface area contributed by atoms with Crippen molar-refractivity contribution in [2.45, 2.75) is 25.3 Å². The molecule has 0 spiro atoms. The number of piperidine rings is 1. The molecule has 3 N–H and O–H groups in total. The first kappa shape index (κ1) is 9.72. The molecule has 1 amide bonds. The van der Waals surface area contributed by atoms with Crippen molar-refractivity contribution >= 4 is 18.3 Å². The van der Waals surface area contributed by atoms with E-state index < -0.39 is 0 Å². The molecule has 1 atom stereocenters. The minimum Gasteiger partial charge on any atom is -0.368 e. The first-order valence-corrected chi connectivity index (χ1v) is 3.33. The van der Waals surface area contributed by atoms with Gasteiger partial charge < -0.3 is 11.1 Å². The highest BCUT2D eigenvalue weighted by Gasteiger charge is 2.16. The van der Waals surface area contributed by atoms with Gasteiger partial charge in [0.05, 0.1) is 6.04 Å². The van der Waals surface area contributed by atoms with Crippen molar-refractivity contribution in [3.05, 3.63) is 0 Å². The van der Waals surface area contributed by atoms with Gasteiger partial charge in [0, 0.05) is 0 Å². The van der Waals surface area contributed by atoms with Gasteiger partial charge in [0.2, 0.25) is 5.91 Å². The fourth-order valence-electron chi connectivity index (χ4n) is 1.09. The molecule has 0 saturated carbocycles. The van der Waals surface area contributed by atoms with Crippen molar-refractivity contribution in [1.82, 2.24) is 5.32 Å². The number of nitrogens with one attached hydrogen (secondary N) is 1. The molecule has 0 aromatic heterocycles. The lowest BCUT2D eigenvalue weighted by molar-refractivity contribution is -0.120. The van der Waals surface area contributed by atoms with Crippen LogP contribution in [0, 0.1) is 0 Å². The van der Waals surface area contributed by atoms with Crippen LogP contribution in [-0.4, -0.2) is 18.5 Å². The van der Waals surface area contributed by atoms with Crippen LogP contribution in [0.15, 0.2) is 0 Å². The molecule has 1 rings (SSSR count). The fourth-order valence-corrected chi connectivity index (χ4v) is 1.09. The summed E-state index contributed by atoms with van der Waals surface area (Å²) >= 11 is 0. The lowest BCUT2D eigenvalue weighted by Crippen LogP contribution is -2.44. The maximum Gasteiger partial charge on any atom is 0.234 e. The molecule has 0 aliphatic carbocycles. The van der Waals surface area contributed by atoms with Crippen molar-refractivity contribution in [2.24, 2.45) is 5.73 Å². The van der Waals surface area contributed by atoms with E-state index in [0.29, 0.717) is 0 Å².